The fourth-order valence-corrected chi connectivity index (χ4v) is 2.64. The topological polar surface area (TPSA) is 0 Å². The van der Waals surface area contributed by atoms with E-state index in [0.29, 0.717) is 0 Å². The molecule has 0 aromatic rings. The van der Waals surface area contributed by atoms with Crippen molar-refractivity contribution in [3.8, 4) is 0 Å². The minimum atomic E-state index is 1.35. The molecule has 0 saturated heterocycles. The summed E-state index contributed by atoms with van der Waals surface area (Å²) in [6.45, 7) is 15.0. The molecule has 0 aromatic heterocycles. The maximum Gasteiger partial charge on any atom is 0.0786 e. The van der Waals surface area contributed by atoms with E-state index in [1.54, 1.807) is 0 Å². The van der Waals surface area contributed by atoms with Gasteiger partial charge in [-0.2, -0.15) is 0 Å². The molecule has 0 heterocycles. The highest BCUT2D eigenvalue weighted by Crippen LogP contribution is 2.16. The number of hydrogen-bond donors (Lipinski definition) is 0. The van der Waals surface area contributed by atoms with Crippen LogP contribution in [0.4, 0.5) is 0 Å². The van der Waals surface area contributed by atoms with Crippen LogP contribution in [0.15, 0.2) is 0 Å². The van der Waals surface area contributed by atoms with Crippen LogP contribution < -0.4 is 0 Å². The van der Waals surface area contributed by atoms with Crippen molar-refractivity contribution in [3.63, 3.8) is 0 Å². The first-order chi connectivity index (χ1) is 8.24. The molecular formula is C16H36N+. The van der Waals surface area contributed by atoms with E-state index in [2.05, 4.69) is 27.7 Å². The van der Waals surface area contributed by atoms with E-state index in [4.69, 9.17) is 0 Å². The van der Waals surface area contributed by atoms with Gasteiger partial charge in [0.05, 0.1) is 26.2 Å². The number of hydrogen-bond acceptors (Lipinski definition) is 0. The van der Waals surface area contributed by atoms with Gasteiger partial charge in [0.1, 0.15) is 0 Å². The molecule has 0 aliphatic heterocycles. The van der Waals surface area contributed by atoms with E-state index in [9.17, 15) is 0 Å². The molecule has 0 unspecified atom stereocenters. The molecule has 0 radical (unpaired) electrons. The molecule has 0 atom stereocenters. The highest BCUT2D eigenvalue weighted by atomic mass is 16.1. The fraction of sp³-hybridized carbons (Fsp3) is 1.00. The van der Waals surface area contributed by atoms with Crippen molar-refractivity contribution < 1.29 is 4.48 Å². The van der Waals surface area contributed by atoms with Gasteiger partial charge in [-0.1, -0.05) is 53.4 Å². The highest BCUT2D eigenvalue weighted by Gasteiger charge is 2.24. The van der Waals surface area contributed by atoms with Crippen LogP contribution in [0.5, 0.6) is 0 Å². The van der Waals surface area contributed by atoms with Crippen LogP contribution in [-0.4, -0.2) is 30.7 Å². The first-order valence-electron chi connectivity index (χ1n) is 8.09. The molecule has 1 heteroatoms. The van der Waals surface area contributed by atoms with Gasteiger partial charge in [0, 0.05) is 0 Å². The summed E-state index contributed by atoms with van der Waals surface area (Å²) in [5.41, 5.74) is 0. The molecule has 0 rings (SSSR count). The van der Waals surface area contributed by atoms with E-state index in [-0.39, 0.29) is 0 Å². The monoisotopic (exact) mass is 243 g/mol. The summed E-state index contributed by atoms with van der Waals surface area (Å²) in [6, 6.07) is 0. The smallest absolute Gasteiger partial charge is 0.0786 e. The van der Waals surface area contributed by atoms with Gasteiger partial charge < -0.3 is 4.48 Å². The van der Waals surface area contributed by atoms with E-state index in [0.717, 1.165) is 0 Å². The van der Waals surface area contributed by atoms with Crippen LogP contribution in [0.25, 0.3) is 0 Å². The molecule has 104 valence electrons. The van der Waals surface area contributed by atoms with Crippen molar-refractivity contribution in [1.82, 2.24) is 0 Å². The summed E-state index contributed by atoms with van der Waals surface area (Å²) in [6.07, 6.45) is 11.1. The van der Waals surface area contributed by atoms with Crippen LogP contribution in [0.3, 0.4) is 0 Å². The lowest BCUT2D eigenvalue weighted by Crippen LogP contribution is -2.50. The Morgan fingerprint density at radius 3 is 0.882 bits per heavy atom. The van der Waals surface area contributed by atoms with Crippen molar-refractivity contribution >= 4 is 0 Å². The van der Waals surface area contributed by atoms with Crippen LogP contribution in [0.1, 0.15) is 79.1 Å². The van der Waals surface area contributed by atoms with Gasteiger partial charge in [-0.25, -0.2) is 0 Å². The van der Waals surface area contributed by atoms with Gasteiger partial charge >= 0.3 is 0 Å². The third kappa shape index (κ3) is 7.81. The first-order valence-corrected chi connectivity index (χ1v) is 8.09. The molecule has 0 bridgehead atoms. The molecule has 0 amide bonds. The SMILES string of the molecule is CCCC[15N+](CCCC)(CCCC)CCCC. The fourth-order valence-electron chi connectivity index (χ4n) is 2.64. The second-order valence-electron chi connectivity index (χ2n) is 5.65. The molecule has 0 N–H and O–H groups in total. The zero-order valence-corrected chi connectivity index (χ0v) is 12.9. The van der Waals surface area contributed by atoms with Crippen molar-refractivity contribution in [2.45, 2.75) is 79.1 Å². The summed E-state index contributed by atoms with van der Waals surface area (Å²) in [5.74, 6) is 0. The lowest BCUT2D eigenvalue weighted by Gasteiger charge is -2.39. The summed E-state index contributed by atoms with van der Waals surface area (Å²) in [4.78, 5) is 0. The molecule has 1 nitrogen and oxygen atoms in total. The zero-order chi connectivity index (χ0) is 13.0. The lowest BCUT2D eigenvalue weighted by molar-refractivity contribution is -0.929. The summed E-state index contributed by atoms with van der Waals surface area (Å²) in [7, 11) is 0. The Morgan fingerprint density at radius 1 is 0.471 bits per heavy atom. The van der Waals surface area contributed by atoms with Crippen molar-refractivity contribution in [2.24, 2.45) is 0 Å². The van der Waals surface area contributed by atoms with Crippen molar-refractivity contribution in [1.29, 1.82) is 0 Å². The van der Waals surface area contributed by atoms with E-state index in [1.165, 1.54) is 82.0 Å². The predicted octanol–water partition coefficient (Wildman–Crippen LogP) is 5.00. The average Bonchev–Trinajstić information content (AvgIpc) is 2.37. The summed E-state index contributed by atoms with van der Waals surface area (Å²) < 4.78 is 1.42. The Morgan fingerprint density at radius 2 is 0.706 bits per heavy atom. The number of unbranched alkanes of at least 4 members (excludes halogenated alkanes) is 4. The molecule has 0 aliphatic carbocycles. The van der Waals surface area contributed by atoms with E-state index < -0.39 is 0 Å². The Kier molecular flexibility index (Phi) is 11.0. The number of nitrogens with zero attached hydrogens (tertiary/aromatic N) is 1. The van der Waals surface area contributed by atoms with E-state index >= 15 is 0 Å². The zero-order valence-electron chi connectivity index (χ0n) is 12.9. The van der Waals surface area contributed by atoms with Crippen LogP contribution in [-0.2, 0) is 0 Å². The summed E-state index contributed by atoms with van der Waals surface area (Å²) in [5, 5.41) is 0. The number of rotatable bonds is 12. The molecule has 0 fully saturated rings. The minimum absolute atomic E-state index is 1.35. The van der Waals surface area contributed by atoms with Gasteiger partial charge in [-0.05, 0) is 25.7 Å². The van der Waals surface area contributed by atoms with Crippen LogP contribution in [0, 0.1) is 0 Å². The maximum atomic E-state index is 2.33. The molecule has 0 aliphatic rings. The van der Waals surface area contributed by atoms with Gasteiger partial charge in [0.25, 0.3) is 0 Å². The van der Waals surface area contributed by atoms with Gasteiger partial charge in [-0.3, -0.25) is 0 Å². The normalized spacial score (nSPS) is 12.0. The highest BCUT2D eigenvalue weighted by molar-refractivity contribution is 4.49. The van der Waals surface area contributed by atoms with Gasteiger partial charge in [-0.15, -0.1) is 0 Å². The quantitative estimate of drug-likeness (QED) is 0.334. The summed E-state index contributed by atoms with van der Waals surface area (Å²) >= 11 is 0. The second kappa shape index (κ2) is 11.1. The molecule has 0 aromatic carbocycles. The second-order valence-corrected chi connectivity index (χ2v) is 5.65. The first kappa shape index (κ1) is 17.0. The largest absolute Gasteiger partial charge is 0.324 e. The Bertz CT molecular complexity index is 116. The van der Waals surface area contributed by atoms with Crippen LogP contribution >= 0.6 is 0 Å². The standard InChI is InChI=1S/C16H36N/c1-5-9-13-17(14-10-6-2,15-11-7-3)16-12-8-4/h5-16H2,1-4H3/q+1/i17+1. The molecule has 0 saturated carbocycles. The molecule has 17 heavy (non-hydrogen) atoms. The third-order valence-electron chi connectivity index (χ3n) is 3.94. The maximum absolute atomic E-state index is 2.33. The molecule has 0 spiro atoms. The Labute approximate surface area is 110 Å². The van der Waals surface area contributed by atoms with Crippen molar-refractivity contribution in [3.05, 3.63) is 0 Å². The van der Waals surface area contributed by atoms with Gasteiger partial charge in [0.15, 0.2) is 0 Å². The molecular weight excluding hydrogens is 207 g/mol. The van der Waals surface area contributed by atoms with Crippen LogP contribution in [0.2, 0.25) is 0 Å². The average molecular weight is 243 g/mol. The third-order valence-corrected chi connectivity index (χ3v) is 3.94. The predicted molar refractivity (Wildman–Crippen MR) is 79.4 cm³/mol. The minimum Gasteiger partial charge on any atom is -0.324 e. The Balaban J connectivity index is 4.39. The Hall–Kier alpha value is -0.0400. The van der Waals surface area contributed by atoms with Crippen molar-refractivity contribution in [2.75, 3.05) is 26.2 Å². The number of quaternary nitrogens is 1. The van der Waals surface area contributed by atoms with Gasteiger partial charge in [0.2, 0.25) is 0 Å². The van der Waals surface area contributed by atoms with E-state index in [1.807, 2.05) is 0 Å². The lowest BCUT2D eigenvalue weighted by atomic mass is 10.2.